The first-order chi connectivity index (χ1) is 12.1. The summed E-state index contributed by atoms with van der Waals surface area (Å²) in [5, 5.41) is 8.62. The van der Waals surface area contributed by atoms with Gasteiger partial charge in [-0.2, -0.15) is 16.1 Å². The Kier molecular flexibility index (Phi) is 7.56. The van der Waals surface area contributed by atoms with Gasteiger partial charge >= 0.3 is 0 Å². The fourth-order valence-electron chi connectivity index (χ4n) is 2.79. The Hall–Kier alpha value is -0.170. The zero-order chi connectivity index (χ0) is 19.5. The number of sulfonamides is 2. The first kappa shape index (κ1) is 22.1. The van der Waals surface area contributed by atoms with E-state index in [0.29, 0.717) is 24.6 Å². The molecule has 1 aliphatic heterocycles. The van der Waals surface area contributed by atoms with Crippen molar-refractivity contribution in [1.29, 1.82) is 0 Å². The lowest BCUT2D eigenvalue weighted by molar-refractivity contribution is 0.337. The van der Waals surface area contributed by atoms with E-state index in [9.17, 15) is 16.8 Å². The topological polar surface area (TPSA) is 110 Å². The van der Waals surface area contributed by atoms with Gasteiger partial charge in [0, 0.05) is 24.7 Å². The van der Waals surface area contributed by atoms with Crippen molar-refractivity contribution in [3.63, 3.8) is 0 Å². The summed E-state index contributed by atoms with van der Waals surface area (Å²) in [4.78, 5) is 0. The van der Waals surface area contributed by atoms with E-state index in [1.54, 1.807) is 11.8 Å². The summed E-state index contributed by atoms with van der Waals surface area (Å²) in [7, 11) is -7.63. The number of thioether (sulfide) groups is 1. The van der Waals surface area contributed by atoms with Gasteiger partial charge in [-0.1, -0.05) is 13.8 Å². The van der Waals surface area contributed by atoms with Crippen molar-refractivity contribution in [2.45, 2.75) is 41.1 Å². The van der Waals surface area contributed by atoms with Crippen LogP contribution in [0.2, 0.25) is 0 Å². The Morgan fingerprint density at radius 3 is 2.73 bits per heavy atom. The summed E-state index contributed by atoms with van der Waals surface area (Å²) in [5.74, 6) is 1.39. The Labute approximate surface area is 164 Å². The Morgan fingerprint density at radius 2 is 2.15 bits per heavy atom. The van der Waals surface area contributed by atoms with Crippen molar-refractivity contribution in [3.8, 4) is 0 Å². The van der Waals surface area contributed by atoms with Crippen LogP contribution in [-0.2, 0) is 20.0 Å². The highest BCUT2D eigenvalue weighted by molar-refractivity contribution is 7.98. The van der Waals surface area contributed by atoms with E-state index in [1.807, 2.05) is 6.26 Å². The van der Waals surface area contributed by atoms with Gasteiger partial charge in [0.1, 0.15) is 8.42 Å². The van der Waals surface area contributed by atoms with Crippen LogP contribution in [0, 0.1) is 5.92 Å². The molecule has 0 saturated heterocycles. The van der Waals surface area contributed by atoms with Crippen molar-refractivity contribution in [3.05, 3.63) is 11.6 Å². The molecule has 0 aliphatic carbocycles. The Morgan fingerprint density at radius 1 is 1.46 bits per heavy atom. The van der Waals surface area contributed by atoms with E-state index in [4.69, 9.17) is 5.14 Å². The van der Waals surface area contributed by atoms with E-state index in [0.717, 1.165) is 36.5 Å². The highest BCUT2D eigenvalue weighted by Gasteiger charge is 2.39. The van der Waals surface area contributed by atoms with E-state index < -0.39 is 20.0 Å². The quantitative estimate of drug-likeness (QED) is 0.566. The molecule has 0 saturated carbocycles. The number of thiophene rings is 1. The van der Waals surface area contributed by atoms with Gasteiger partial charge in [0.25, 0.3) is 10.0 Å². The molecule has 1 aromatic heterocycles. The number of hydrogen-bond acceptors (Lipinski definition) is 7. The molecule has 26 heavy (non-hydrogen) atoms. The molecule has 11 heteroatoms. The minimum absolute atomic E-state index is 0.0963. The Balaban J connectivity index is 2.36. The number of rotatable bonds is 9. The second kappa shape index (κ2) is 8.89. The molecule has 7 nitrogen and oxygen atoms in total. The van der Waals surface area contributed by atoms with Crippen LogP contribution in [0.4, 0.5) is 0 Å². The molecule has 1 aliphatic rings. The summed E-state index contributed by atoms with van der Waals surface area (Å²) in [6, 6.07) is 1.19. The molecule has 0 aromatic carbocycles. The smallest absolute Gasteiger partial charge is 0.252 e. The maximum atomic E-state index is 12.9. The van der Waals surface area contributed by atoms with Gasteiger partial charge in [-0.15, -0.1) is 11.3 Å². The lowest BCUT2D eigenvalue weighted by Gasteiger charge is -2.32. The number of fused-ring (bicyclic) bond motifs is 1. The van der Waals surface area contributed by atoms with Crippen molar-refractivity contribution in [2.75, 3.05) is 31.6 Å². The third-order valence-electron chi connectivity index (χ3n) is 4.19. The van der Waals surface area contributed by atoms with Gasteiger partial charge in [0.05, 0.1) is 0 Å². The molecule has 1 aromatic rings. The van der Waals surface area contributed by atoms with Gasteiger partial charge in [-0.05, 0) is 43.4 Å². The lowest BCUT2D eigenvalue weighted by Crippen LogP contribution is -2.44. The second-order valence-electron chi connectivity index (χ2n) is 6.75. The number of hydrogen-bond donors (Lipinski definition) is 2. The molecule has 2 heterocycles. The minimum Gasteiger partial charge on any atom is -0.309 e. The lowest BCUT2D eigenvalue weighted by atomic mass is 10.1. The maximum Gasteiger partial charge on any atom is 0.252 e. The van der Waals surface area contributed by atoms with E-state index in [2.05, 4.69) is 19.2 Å². The summed E-state index contributed by atoms with van der Waals surface area (Å²) in [6.07, 6.45) is 3.69. The van der Waals surface area contributed by atoms with Crippen LogP contribution < -0.4 is 10.5 Å². The molecule has 150 valence electrons. The second-order valence-corrected chi connectivity index (χ2v) is 12.7. The third-order valence-corrected chi connectivity index (χ3v) is 9.85. The standard InChI is InChI=1S/C15H27N3O4S4/c1-11(2)5-6-17-13-10-18(7-4-8-23-3)26(21,22)15-12(13)9-14(24-15)25(16,19)20/h9,11,13,17H,4-8,10H2,1-3H3,(H2,16,19,20). The number of nitrogens with zero attached hydrogens (tertiary/aromatic N) is 1. The van der Waals surface area contributed by atoms with Crippen LogP contribution >= 0.6 is 23.1 Å². The third kappa shape index (κ3) is 5.21. The SMILES string of the molecule is CSCCCN1CC(NCCC(C)C)c2cc(S(N)(=O)=O)sc2S1(=O)=O. The average Bonchev–Trinajstić information content (AvgIpc) is 2.98. The zero-order valence-corrected chi connectivity index (χ0v) is 18.5. The summed E-state index contributed by atoms with van der Waals surface area (Å²) >= 11 is 2.42. The van der Waals surface area contributed by atoms with Crippen molar-refractivity contribution >= 4 is 43.1 Å². The minimum atomic E-state index is -3.94. The number of primary sulfonamides is 1. The van der Waals surface area contributed by atoms with Crippen LogP contribution in [-0.4, -0.2) is 52.8 Å². The van der Waals surface area contributed by atoms with E-state index in [-0.39, 0.29) is 14.5 Å². The monoisotopic (exact) mass is 441 g/mol. The van der Waals surface area contributed by atoms with Crippen LogP contribution in [0.5, 0.6) is 0 Å². The first-order valence-electron chi connectivity index (χ1n) is 8.46. The molecular formula is C15H27N3O4S4. The van der Waals surface area contributed by atoms with Crippen molar-refractivity contribution in [2.24, 2.45) is 11.1 Å². The van der Waals surface area contributed by atoms with Gasteiger partial charge in [0.2, 0.25) is 10.0 Å². The molecule has 1 atom stereocenters. The molecule has 0 fully saturated rings. The fraction of sp³-hybridized carbons (Fsp3) is 0.733. The summed E-state index contributed by atoms with van der Waals surface area (Å²) in [5.41, 5.74) is 0.517. The van der Waals surface area contributed by atoms with E-state index >= 15 is 0 Å². The molecule has 1 unspecified atom stereocenters. The highest BCUT2D eigenvalue weighted by Crippen LogP contribution is 2.40. The van der Waals surface area contributed by atoms with Gasteiger partial charge in [0.15, 0.2) is 0 Å². The van der Waals surface area contributed by atoms with Gasteiger partial charge < -0.3 is 5.32 Å². The van der Waals surface area contributed by atoms with Crippen LogP contribution in [0.25, 0.3) is 0 Å². The van der Waals surface area contributed by atoms with Gasteiger partial charge in [-0.25, -0.2) is 22.0 Å². The summed E-state index contributed by atoms with van der Waals surface area (Å²) in [6.45, 7) is 5.71. The van der Waals surface area contributed by atoms with E-state index in [1.165, 1.54) is 10.4 Å². The average molecular weight is 442 g/mol. The van der Waals surface area contributed by atoms with Gasteiger partial charge in [-0.3, -0.25) is 0 Å². The molecule has 3 N–H and O–H groups in total. The highest BCUT2D eigenvalue weighted by atomic mass is 32.3. The predicted octanol–water partition coefficient (Wildman–Crippen LogP) is 1.83. The molecule has 0 amide bonds. The largest absolute Gasteiger partial charge is 0.309 e. The molecule has 0 bridgehead atoms. The van der Waals surface area contributed by atoms with Crippen molar-refractivity contribution < 1.29 is 16.8 Å². The van der Waals surface area contributed by atoms with Crippen LogP contribution in [0.1, 0.15) is 38.3 Å². The molecule has 0 spiro atoms. The molecule has 2 rings (SSSR count). The molecular weight excluding hydrogens is 414 g/mol. The predicted molar refractivity (Wildman–Crippen MR) is 108 cm³/mol. The van der Waals surface area contributed by atoms with Crippen LogP contribution in [0.3, 0.4) is 0 Å². The molecule has 0 radical (unpaired) electrons. The number of nitrogens with one attached hydrogen (secondary N) is 1. The zero-order valence-electron chi connectivity index (χ0n) is 15.3. The number of nitrogens with two attached hydrogens (primary N) is 1. The Bertz CT molecular complexity index is 818. The van der Waals surface area contributed by atoms with Crippen LogP contribution in [0.15, 0.2) is 14.5 Å². The summed E-state index contributed by atoms with van der Waals surface area (Å²) < 4.78 is 50.8. The maximum absolute atomic E-state index is 12.9. The van der Waals surface area contributed by atoms with Crippen molar-refractivity contribution in [1.82, 2.24) is 9.62 Å². The first-order valence-corrected chi connectivity index (χ1v) is 13.7. The normalized spacial score (nSPS) is 20.4. The fourth-order valence-corrected chi connectivity index (χ4v) is 7.51.